The molecule has 2 aliphatic rings. The molecule has 24 heavy (non-hydrogen) atoms. The van der Waals surface area contributed by atoms with Gasteiger partial charge in [-0.05, 0) is 30.9 Å². The van der Waals surface area contributed by atoms with E-state index in [1.54, 1.807) is 0 Å². The fraction of sp³-hybridized carbons (Fsp3) is 0.611. The Labute approximate surface area is 143 Å². The number of H-pyrrole nitrogens is 1. The van der Waals surface area contributed by atoms with Gasteiger partial charge in [-0.3, -0.25) is 14.7 Å². The Morgan fingerprint density at radius 1 is 1.29 bits per heavy atom. The minimum absolute atomic E-state index is 0.0117. The third-order valence-electron chi connectivity index (χ3n) is 5.22. The van der Waals surface area contributed by atoms with Crippen molar-refractivity contribution in [1.29, 1.82) is 0 Å². The fourth-order valence-electron chi connectivity index (χ4n) is 3.92. The molecule has 0 spiro atoms. The summed E-state index contributed by atoms with van der Waals surface area (Å²) < 4.78 is 1.98. The first kappa shape index (κ1) is 15.6. The zero-order chi connectivity index (χ0) is 16.9. The predicted molar refractivity (Wildman–Crippen MR) is 93.2 cm³/mol. The van der Waals surface area contributed by atoms with Crippen LogP contribution in [0.2, 0.25) is 0 Å². The second kappa shape index (κ2) is 5.55. The van der Waals surface area contributed by atoms with Crippen molar-refractivity contribution in [3.8, 4) is 0 Å². The minimum Gasteiger partial charge on any atom is -0.286 e. The molecular formula is C18H26N6. The van der Waals surface area contributed by atoms with Gasteiger partial charge in [-0.1, -0.05) is 26.8 Å². The van der Waals surface area contributed by atoms with Crippen LogP contribution in [0.3, 0.4) is 0 Å². The topological polar surface area (TPSA) is 62.6 Å². The maximum absolute atomic E-state index is 4.71. The standard InChI is InChI=1S/C18H26N6/c1-18(2,3)17-20-16(21-22-17)11-24-13-5-6-14(24)10-12(9-13)15-7-8-19-23(15)4/h7-9,13-14H,5-6,10-11H2,1-4H3,(H,20,21,22)/t13-,14+/m1/s1. The number of fused-ring (bicyclic) bond motifs is 2. The largest absolute Gasteiger partial charge is 0.286 e. The number of nitrogens with zero attached hydrogens (tertiary/aromatic N) is 5. The summed E-state index contributed by atoms with van der Waals surface area (Å²) in [4.78, 5) is 7.29. The Balaban J connectivity index is 1.53. The maximum atomic E-state index is 4.71. The highest BCUT2D eigenvalue weighted by atomic mass is 15.3. The van der Waals surface area contributed by atoms with Gasteiger partial charge in [0.05, 0.1) is 12.2 Å². The summed E-state index contributed by atoms with van der Waals surface area (Å²) in [6, 6.07) is 3.21. The van der Waals surface area contributed by atoms with Crippen molar-refractivity contribution < 1.29 is 0 Å². The van der Waals surface area contributed by atoms with Crippen molar-refractivity contribution in [3.05, 3.63) is 35.7 Å². The van der Waals surface area contributed by atoms with Gasteiger partial charge in [0.1, 0.15) is 5.82 Å². The Bertz CT molecular complexity index is 763. The van der Waals surface area contributed by atoms with Gasteiger partial charge in [-0.25, -0.2) is 4.98 Å². The summed E-state index contributed by atoms with van der Waals surface area (Å²) in [5, 5.41) is 11.9. The molecule has 0 saturated carbocycles. The molecule has 6 nitrogen and oxygen atoms in total. The monoisotopic (exact) mass is 326 g/mol. The highest BCUT2D eigenvalue weighted by molar-refractivity contribution is 5.65. The zero-order valence-corrected chi connectivity index (χ0v) is 15.0. The van der Waals surface area contributed by atoms with E-state index in [1.165, 1.54) is 24.1 Å². The molecule has 0 radical (unpaired) electrons. The van der Waals surface area contributed by atoms with Crippen LogP contribution in [0.25, 0.3) is 5.57 Å². The average molecular weight is 326 g/mol. The lowest BCUT2D eigenvalue weighted by atomic mass is 9.96. The molecule has 0 amide bonds. The molecule has 1 N–H and O–H groups in total. The first-order valence-corrected chi connectivity index (χ1v) is 8.78. The molecular weight excluding hydrogens is 300 g/mol. The van der Waals surface area contributed by atoms with E-state index in [-0.39, 0.29) is 5.41 Å². The molecule has 4 heterocycles. The summed E-state index contributed by atoms with van der Waals surface area (Å²) in [5.41, 5.74) is 2.68. The van der Waals surface area contributed by atoms with Crippen LogP contribution in [0.5, 0.6) is 0 Å². The van der Waals surface area contributed by atoms with E-state index in [0.29, 0.717) is 12.1 Å². The molecule has 2 aromatic heterocycles. The lowest BCUT2D eigenvalue weighted by Crippen LogP contribution is -2.38. The summed E-state index contributed by atoms with van der Waals surface area (Å²) >= 11 is 0. The van der Waals surface area contributed by atoms with Crippen LogP contribution in [-0.2, 0) is 19.0 Å². The Kier molecular flexibility index (Phi) is 3.60. The number of hydrogen-bond donors (Lipinski definition) is 1. The van der Waals surface area contributed by atoms with E-state index in [0.717, 1.165) is 24.6 Å². The highest BCUT2D eigenvalue weighted by Crippen LogP contribution is 2.39. The molecule has 0 aliphatic carbocycles. The number of aromatic nitrogens is 5. The lowest BCUT2D eigenvalue weighted by molar-refractivity contribution is 0.198. The van der Waals surface area contributed by atoms with Gasteiger partial charge in [-0.2, -0.15) is 10.2 Å². The van der Waals surface area contributed by atoms with Gasteiger partial charge in [0.2, 0.25) is 0 Å². The minimum atomic E-state index is -0.0117. The van der Waals surface area contributed by atoms with E-state index in [4.69, 9.17) is 4.98 Å². The van der Waals surface area contributed by atoms with Crippen LogP contribution in [0.4, 0.5) is 0 Å². The zero-order valence-electron chi connectivity index (χ0n) is 15.0. The summed E-state index contributed by atoms with van der Waals surface area (Å²) in [6.07, 6.45) is 7.89. The summed E-state index contributed by atoms with van der Waals surface area (Å²) in [6.45, 7) is 7.29. The van der Waals surface area contributed by atoms with Crippen LogP contribution >= 0.6 is 0 Å². The van der Waals surface area contributed by atoms with Crippen molar-refractivity contribution in [1.82, 2.24) is 29.9 Å². The molecule has 1 fully saturated rings. The van der Waals surface area contributed by atoms with E-state index >= 15 is 0 Å². The molecule has 2 atom stereocenters. The highest BCUT2D eigenvalue weighted by Gasteiger charge is 2.37. The third kappa shape index (κ3) is 2.69. The molecule has 2 bridgehead atoms. The number of hydrogen-bond acceptors (Lipinski definition) is 4. The Morgan fingerprint density at radius 3 is 2.75 bits per heavy atom. The van der Waals surface area contributed by atoms with Crippen LogP contribution in [0.15, 0.2) is 18.3 Å². The van der Waals surface area contributed by atoms with Crippen molar-refractivity contribution in [2.45, 2.75) is 64.1 Å². The molecule has 0 unspecified atom stereocenters. The normalized spacial score (nSPS) is 24.4. The number of rotatable bonds is 3. The predicted octanol–water partition coefficient (Wildman–Crippen LogP) is 2.66. The Morgan fingerprint density at radius 2 is 2.12 bits per heavy atom. The van der Waals surface area contributed by atoms with Gasteiger partial charge in [0, 0.05) is 30.7 Å². The van der Waals surface area contributed by atoms with Crippen LogP contribution in [0, 0.1) is 0 Å². The van der Waals surface area contributed by atoms with E-state index in [9.17, 15) is 0 Å². The number of nitrogens with one attached hydrogen (secondary N) is 1. The van der Waals surface area contributed by atoms with Gasteiger partial charge in [0.25, 0.3) is 0 Å². The Hall–Kier alpha value is -1.95. The molecule has 2 aromatic rings. The second-order valence-electron chi connectivity index (χ2n) is 8.06. The van der Waals surface area contributed by atoms with Crippen molar-refractivity contribution >= 4 is 5.57 Å². The van der Waals surface area contributed by atoms with Crippen molar-refractivity contribution in [2.24, 2.45) is 7.05 Å². The fourth-order valence-corrected chi connectivity index (χ4v) is 3.92. The second-order valence-corrected chi connectivity index (χ2v) is 8.06. The van der Waals surface area contributed by atoms with Crippen LogP contribution < -0.4 is 0 Å². The third-order valence-corrected chi connectivity index (χ3v) is 5.22. The van der Waals surface area contributed by atoms with Crippen LogP contribution in [0.1, 0.15) is 57.4 Å². The molecule has 2 aliphatic heterocycles. The first-order valence-electron chi connectivity index (χ1n) is 8.78. The maximum Gasteiger partial charge on any atom is 0.156 e. The van der Waals surface area contributed by atoms with E-state index in [1.807, 2.05) is 17.9 Å². The summed E-state index contributed by atoms with van der Waals surface area (Å²) in [5.74, 6) is 1.88. The quantitative estimate of drug-likeness (QED) is 0.942. The SMILES string of the molecule is Cn1nccc1C1=C[C@H]2CC[C@@H](C1)N2Cc1nc(C(C)(C)C)n[nH]1. The van der Waals surface area contributed by atoms with Crippen molar-refractivity contribution in [2.75, 3.05) is 0 Å². The molecule has 128 valence electrons. The van der Waals surface area contributed by atoms with Gasteiger partial charge in [-0.15, -0.1) is 0 Å². The molecule has 6 heteroatoms. The first-order chi connectivity index (χ1) is 11.4. The van der Waals surface area contributed by atoms with E-state index in [2.05, 4.69) is 53.1 Å². The summed E-state index contributed by atoms with van der Waals surface area (Å²) in [7, 11) is 2.02. The van der Waals surface area contributed by atoms with Gasteiger partial charge >= 0.3 is 0 Å². The van der Waals surface area contributed by atoms with Gasteiger partial charge < -0.3 is 0 Å². The number of aryl methyl sites for hydroxylation is 1. The molecule has 1 saturated heterocycles. The molecule has 4 rings (SSSR count). The number of aromatic amines is 1. The molecule has 0 aromatic carbocycles. The van der Waals surface area contributed by atoms with Crippen molar-refractivity contribution in [3.63, 3.8) is 0 Å². The smallest absolute Gasteiger partial charge is 0.156 e. The van der Waals surface area contributed by atoms with Gasteiger partial charge in [0.15, 0.2) is 5.82 Å². The average Bonchev–Trinajstić information content (AvgIpc) is 3.19. The van der Waals surface area contributed by atoms with Crippen LogP contribution in [-0.4, -0.2) is 41.9 Å². The van der Waals surface area contributed by atoms with E-state index < -0.39 is 0 Å². The lowest BCUT2D eigenvalue weighted by Gasteiger charge is -2.33.